The van der Waals surface area contributed by atoms with Crippen LogP contribution in [-0.4, -0.2) is 15.8 Å². The van der Waals surface area contributed by atoms with E-state index in [0.29, 0.717) is 6.42 Å². The van der Waals surface area contributed by atoms with Crippen LogP contribution in [0.4, 0.5) is 0 Å². The molecule has 0 bridgehead atoms. The molecule has 1 aromatic heterocycles. The van der Waals surface area contributed by atoms with Gasteiger partial charge in [0.25, 0.3) is 0 Å². The molecule has 1 aromatic carbocycles. The van der Waals surface area contributed by atoms with Crippen molar-refractivity contribution in [2.75, 3.05) is 0 Å². The number of rotatable bonds is 1. The Bertz CT molecular complexity index is 826. The van der Waals surface area contributed by atoms with Gasteiger partial charge in [-0.2, -0.15) is 5.26 Å². The zero-order valence-electron chi connectivity index (χ0n) is 13.6. The molecule has 0 N–H and O–H groups in total. The lowest BCUT2D eigenvalue weighted by Gasteiger charge is -2.51. The highest BCUT2D eigenvalue weighted by atomic mass is 16.1. The van der Waals surface area contributed by atoms with Gasteiger partial charge >= 0.3 is 0 Å². The summed E-state index contributed by atoms with van der Waals surface area (Å²) in [7, 11) is 0. The lowest BCUT2D eigenvalue weighted by molar-refractivity contribution is -0.131. The molecule has 1 saturated carbocycles. The van der Waals surface area contributed by atoms with E-state index in [1.165, 1.54) is 0 Å². The average Bonchev–Trinajstić information content (AvgIpc) is 2.65. The molecule has 4 nitrogen and oxygen atoms in total. The molecule has 0 radical (unpaired) electrons. The van der Waals surface area contributed by atoms with Crippen molar-refractivity contribution in [1.82, 2.24) is 9.97 Å². The minimum absolute atomic E-state index is 0.0894. The van der Waals surface area contributed by atoms with Crippen LogP contribution in [0.2, 0.25) is 0 Å². The van der Waals surface area contributed by atoms with Crippen LogP contribution < -0.4 is 0 Å². The van der Waals surface area contributed by atoms with Gasteiger partial charge in [0.2, 0.25) is 0 Å². The molecule has 0 saturated heterocycles. The van der Waals surface area contributed by atoms with Crippen molar-refractivity contribution < 1.29 is 4.79 Å². The maximum absolute atomic E-state index is 12.6. The van der Waals surface area contributed by atoms with Gasteiger partial charge in [-0.3, -0.25) is 4.79 Å². The van der Waals surface area contributed by atoms with Crippen molar-refractivity contribution in [2.24, 2.45) is 17.8 Å². The third kappa shape index (κ3) is 1.94. The Balaban J connectivity index is 2.00. The molecule has 0 spiro atoms. The second-order valence-electron chi connectivity index (χ2n) is 6.96. The highest BCUT2D eigenvalue weighted by Crippen LogP contribution is 2.55. The van der Waals surface area contributed by atoms with Crippen LogP contribution in [0.1, 0.15) is 36.6 Å². The van der Waals surface area contributed by atoms with Crippen LogP contribution in [0, 0.1) is 29.1 Å². The molecule has 4 heteroatoms. The molecule has 2 aliphatic carbocycles. The molecule has 1 unspecified atom stereocenters. The molecule has 24 heavy (non-hydrogen) atoms. The number of aromatic nitrogens is 2. The van der Waals surface area contributed by atoms with Crippen LogP contribution in [0.25, 0.3) is 0 Å². The summed E-state index contributed by atoms with van der Waals surface area (Å²) >= 11 is 0. The number of nitriles is 1. The fourth-order valence-corrected chi connectivity index (χ4v) is 4.85. The molecular formula is C20H19N3O. The fourth-order valence-electron chi connectivity index (χ4n) is 4.85. The van der Waals surface area contributed by atoms with Crippen molar-refractivity contribution >= 4 is 5.78 Å². The Morgan fingerprint density at radius 2 is 2.08 bits per heavy atom. The molecule has 0 aliphatic heterocycles. The van der Waals surface area contributed by atoms with Crippen LogP contribution >= 0.6 is 0 Å². The maximum atomic E-state index is 12.6. The predicted octanol–water partition coefficient (Wildman–Crippen LogP) is 3.07. The summed E-state index contributed by atoms with van der Waals surface area (Å²) in [6.07, 6.45) is 5.83. The number of Topliss-reactive ketones (excluding diaryl/α,β-unsaturated/α-hetero) is 1. The molecular weight excluding hydrogens is 298 g/mol. The monoisotopic (exact) mass is 317 g/mol. The third-order valence-electron chi connectivity index (χ3n) is 5.93. The van der Waals surface area contributed by atoms with E-state index in [-0.39, 0.29) is 23.0 Å². The summed E-state index contributed by atoms with van der Waals surface area (Å²) in [6, 6.07) is 12.5. The van der Waals surface area contributed by atoms with Crippen molar-refractivity contribution in [2.45, 2.75) is 31.6 Å². The van der Waals surface area contributed by atoms with Gasteiger partial charge in [-0.1, -0.05) is 37.3 Å². The van der Waals surface area contributed by atoms with Gasteiger partial charge in [-0.15, -0.1) is 0 Å². The van der Waals surface area contributed by atoms with Gasteiger partial charge in [0.1, 0.15) is 12.2 Å². The second kappa shape index (κ2) is 5.52. The molecule has 4 rings (SSSR count). The SMILES string of the molecule is C[C@@H]1C(=O)C(C#N)C[C@@]2(c3ccccc3)c3ncncc3CC[C@@H]12. The largest absolute Gasteiger partial charge is 0.298 e. The first-order valence-corrected chi connectivity index (χ1v) is 8.46. The predicted molar refractivity (Wildman–Crippen MR) is 89.0 cm³/mol. The minimum atomic E-state index is -0.572. The molecule has 0 amide bonds. The molecule has 120 valence electrons. The van der Waals surface area contributed by atoms with Gasteiger partial charge in [0.05, 0.1) is 11.8 Å². The topological polar surface area (TPSA) is 66.6 Å². The maximum Gasteiger partial charge on any atom is 0.153 e. The number of fused-ring (bicyclic) bond motifs is 3. The Hall–Kier alpha value is -2.54. The van der Waals surface area contributed by atoms with Crippen molar-refractivity contribution in [3.05, 3.63) is 59.7 Å². The standard InChI is InChI=1S/C20H19N3O/c1-13-17-8-7-14-11-22-12-23-19(14)20(17,9-15(10-21)18(13)24)16-5-3-2-4-6-16/h2-6,11-13,15,17H,7-9H2,1H3/t13-,15?,17-,20-/m0/s1. The lowest BCUT2D eigenvalue weighted by Crippen LogP contribution is -2.53. The van der Waals surface area contributed by atoms with Crippen LogP contribution in [0.3, 0.4) is 0 Å². The van der Waals surface area contributed by atoms with Gasteiger partial charge < -0.3 is 0 Å². The number of nitrogens with zero attached hydrogens (tertiary/aromatic N) is 3. The second-order valence-corrected chi connectivity index (χ2v) is 6.96. The van der Waals surface area contributed by atoms with Crippen molar-refractivity contribution in [3.8, 4) is 6.07 Å². The quantitative estimate of drug-likeness (QED) is 0.810. The number of hydrogen-bond acceptors (Lipinski definition) is 4. The van der Waals surface area contributed by atoms with Crippen molar-refractivity contribution in [3.63, 3.8) is 0 Å². The van der Waals surface area contributed by atoms with E-state index in [9.17, 15) is 10.1 Å². The Morgan fingerprint density at radius 1 is 1.29 bits per heavy atom. The molecule has 4 atom stereocenters. The molecule has 2 aromatic rings. The number of aryl methyl sites for hydroxylation is 1. The average molecular weight is 317 g/mol. The number of carbonyl (C=O) groups excluding carboxylic acids is 1. The van der Waals surface area contributed by atoms with Crippen LogP contribution in [0.15, 0.2) is 42.9 Å². The normalized spacial score (nSPS) is 31.7. The highest BCUT2D eigenvalue weighted by molar-refractivity contribution is 5.87. The van der Waals surface area contributed by atoms with Gasteiger partial charge in [-0.25, -0.2) is 9.97 Å². The van der Waals surface area contributed by atoms with E-state index >= 15 is 0 Å². The van der Waals surface area contributed by atoms with E-state index in [4.69, 9.17) is 0 Å². The number of hydrogen-bond donors (Lipinski definition) is 0. The van der Waals surface area contributed by atoms with E-state index < -0.39 is 5.92 Å². The summed E-state index contributed by atoms with van der Waals surface area (Å²) in [5.74, 6) is -0.435. The Kier molecular flexibility index (Phi) is 3.45. The smallest absolute Gasteiger partial charge is 0.153 e. The number of ketones is 1. The summed E-state index contributed by atoms with van der Waals surface area (Å²) in [4.78, 5) is 21.5. The van der Waals surface area contributed by atoms with Gasteiger partial charge in [0, 0.05) is 17.5 Å². The highest BCUT2D eigenvalue weighted by Gasteiger charge is 2.56. The minimum Gasteiger partial charge on any atom is -0.298 e. The zero-order chi connectivity index (χ0) is 16.7. The van der Waals surface area contributed by atoms with Crippen LogP contribution in [0.5, 0.6) is 0 Å². The van der Waals surface area contributed by atoms with E-state index in [2.05, 4.69) is 28.2 Å². The molecule has 1 heterocycles. The summed E-state index contributed by atoms with van der Waals surface area (Å²) in [6.45, 7) is 1.99. The third-order valence-corrected chi connectivity index (χ3v) is 5.93. The summed E-state index contributed by atoms with van der Waals surface area (Å²) in [5, 5.41) is 9.58. The number of carbonyl (C=O) groups is 1. The first-order valence-electron chi connectivity index (χ1n) is 8.46. The van der Waals surface area contributed by atoms with E-state index in [0.717, 1.165) is 29.7 Å². The van der Waals surface area contributed by atoms with Crippen molar-refractivity contribution in [1.29, 1.82) is 5.26 Å². The van der Waals surface area contributed by atoms with Crippen LogP contribution in [-0.2, 0) is 16.6 Å². The van der Waals surface area contributed by atoms with E-state index in [1.807, 2.05) is 31.3 Å². The lowest BCUT2D eigenvalue weighted by atomic mass is 9.51. The number of benzene rings is 1. The first-order chi connectivity index (χ1) is 11.7. The molecule has 1 fully saturated rings. The summed E-state index contributed by atoms with van der Waals surface area (Å²) in [5.41, 5.74) is 2.95. The van der Waals surface area contributed by atoms with E-state index in [1.54, 1.807) is 6.33 Å². The Labute approximate surface area is 141 Å². The zero-order valence-corrected chi connectivity index (χ0v) is 13.6. The van der Waals surface area contributed by atoms with Gasteiger partial charge in [-0.05, 0) is 36.3 Å². The first kappa shape index (κ1) is 15.0. The Morgan fingerprint density at radius 3 is 2.83 bits per heavy atom. The fraction of sp³-hybridized carbons (Fsp3) is 0.400. The molecule has 2 aliphatic rings. The van der Waals surface area contributed by atoms with Gasteiger partial charge in [0.15, 0.2) is 5.78 Å². The summed E-state index contributed by atoms with van der Waals surface area (Å²) < 4.78 is 0.